The molecule has 41 heavy (non-hydrogen) atoms. The number of aromatic hydroxyl groups is 1. The highest BCUT2D eigenvalue weighted by molar-refractivity contribution is 5.96. The quantitative estimate of drug-likeness (QED) is 0.138. The number of fused-ring (bicyclic) bond motifs is 5. The second kappa shape index (κ2) is 9.86. The minimum atomic E-state index is -0.0589. The third-order valence-corrected chi connectivity index (χ3v) is 8.70. The Kier molecular flexibility index (Phi) is 6.01. The second-order valence-electron chi connectivity index (χ2n) is 10.9. The van der Waals surface area contributed by atoms with E-state index < -0.39 is 0 Å². The van der Waals surface area contributed by atoms with Crippen molar-refractivity contribution in [3.05, 3.63) is 137 Å². The van der Waals surface area contributed by atoms with E-state index in [1.807, 2.05) is 48.5 Å². The van der Waals surface area contributed by atoms with Gasteiger partial charge in [-0.1, -0.05) is 78.9 Å². The predicted molar refractivity (Wildman–Crippen MR) is 165 cm³/mol. The Hall–Kier alpha value is -5.03. The largest absolute Gasteiger partial charge is 0.504 e. The average molecular weight is 538 g/mol. The number of benzene rings is 5. The van der Waals surface area contributed by atoms with Crippen molar-refractivity contribution in [2.24, 2.45) is 11.7 Å². The maximum atomic E-state index is 11.0. The Morgan fingerprint density at radius 2 is 1.54 bits per heavy atom. The number of rotatable bonds is 5. The van der Waals surface area contributed by atoms with E-state index >= 15 is 0 Å². The number of phenolic OH excluding ortho intramolecular Hbond substituents is 1. The summed E-state index contributed by atoms with van der Waals surface area (Å²) in [6, 6.07) is 37.2. The third kappa shape index (κ3) is 4.13. The number of nitrogen functional groups attached to an aromatic ring is 1. The van der Waals surface area contributed by atoms with Gasteiger partial charge < -0.3 is 20.9 Å². The van der Waals surface area contributed by atoms with Gasteiger partial charge in [0.05, 0.1) is 13.2 Å². The fourth-order valence-electron chi connectivity index (χ4n) is 6.86. The molecule has 0 bridgehead atoms. The first-order chi connectivity index (χ1) is 20.0. The third-order valence-electron chi connectivity index (χ3n) is 8.70. The number of hydrogen-bond acceptors (Lipinski definition) is 4. The summed E-state index contributed by atoms with van der Waals surface area (Å²) in [6.45, 7) is 0. The molecule has 0 radical (unpaired) electrons. The second-order valence-corrected chi connectivity index (χ2v) is 10.9. The first kappa shape index (κ1) is 25.0. The zero-order valence-electron chi connectivity index (χ0n) is 22.8. The molecule has 0 aromatic heterocycles. The van der Waals surface area contributed by atoms with Gasteiger partial charge in [0.15, 0.2) is 11.5 Å². The molecule has 5 N–H and O–H groups in total. The summed E-state index contributed by atoms with van der Waals surface area (Å²) in [7, 11) is 1.59. The highest BCUT2D eigenvalue weighted by Gasteiger charge is 2.44. The lowest BCUT2D eigenvalue weighted by atomic mass is 9.73. The molecule has 5 nitrogen and oxygen atoms in total. The molecular weight excluding hydrogens is 506 g/mol. The van der Waals surface area contributed by atoms with Crippen molar-refractivity contribution in [3.63, 3.8) is 0 Å². The van der Waals surface area contributed by atoms with Crippen molar-refractivity contribution in [1.29, 1.82) is 5.41 Å². The first-order valence-electron chi connectivity index (χ1n) is 13.9. The van der Waals surface area contributed by atoms with Crippen molar-refractivity contribution in [3.8, 4) is 33.8 Å². The number of methoxy groups -OCH3 is 1. The summed E-state index contributed by atoms with van der Waals surface area (Å²) in [5, 5.41) is 23.0. The van der Waals surface area contributed by atoms with Gasteiger partial charge in [-0.15, -0.1) is 0 Å². The van der Waals surface area contributed by atoms with Crippen LogP contribution in [0.1, 0.15) is 39.8 Å². The number of anilines is 1. The lowest BCUT2D eigenvalue weighted by Crippen LogP contribution is -2.31. The zero-order valence-corrected chi connectivity index (χ0v) is 22.8. The normalized spacial score (nSPS) is 18.5. The fraction of sp³-hybridized carbons (Fsp3) is 0.139. The predicted octanol–water partition coefficient (Wildman–Crippen LogP) is 7.49. The lowest BCUT2D eigenvalue weighted by molar-refractivity contribution is 0.370. The van der Waals surface area contributed by atoms with Crippen molar-refractivity contribution in [2.45, 2.75) is 18.4 Å². The van der Waals surface area contributed by atoms with Gasteiger partial charge in [0.1, 0.15) is 5.84 Å². The average Bonchev–Trinajstić information content (AvgIpc) is 3.41. The molecular formula is C36H31N3O2. The van der Waals surface area contributed by atoms with Crippen molar-refractivity contribution < 1.29 is 9.84 Å². The first-order valence-corrected chi connectivity index (χ1v) is 13.9. The zero-order chi connectivity index (χ0) is 28.1. The van der Waals surface area contributed by atoms with Crippen molar-refractivity contribution in [1.82, 2.24) is 0 Å². The summed E-state index contributed by atoms with van der Waals surface area (Å²) < 4.78 is 5.65. The molecule has 7 rings (SSSR count). The Bertz CT molecular complexity index is 1800. The Labute approximate surface area is 239 Å². The summed E-state index contributed by atoms with van der Waals surface area (Å²) in [5.74, 6) is 0.985. The molecule has 0 amide bonds. The van der Waals surface area contributed by atoms with E-state index in [-0.39, 0.29) is 29.5 Å². The topological polar surface area (TPSA) is 91.4 Å². The van der Waals surface area contributed by atoms with Crippen LogP contribution in [0.2, 0.25) is 0 Å². The summed E-state index contributed by atoms with van der Waals surface area (Å²) >= 11 is 0. The van der Waals surface area contributed by atoms with Gasteiger partial charge in [0.2, 0.25) is 0 Å². The van der Waals surface area contributed by atoms with Gasteiger partial charge in [0, 0.05) is 17.2 Å². The highest BCUT2D eigenvalue weighted by atomic mass is 16.5. The van der Waals surface area contributed by atoms with E-state index in [2.05, 4.69) is 66.0 Å². The monoisotopic (exact) mass is 537 g/mol. The van der Waals surface area contributed by atoms with Gasteiger partial charge >= 0.3 is 0 Å². The van der Waals surface area contributed by atoms with Crippen LogP contribution in [0, 0.1) is 11.3 Å². The van der Waals surface area contributed by atoms with E-state index in [1.165, 1.54) is 16.7 Å². The van der Waals surface area contributed by atoms with Crippen LogP contribution < -0.4 is 15.8 Å². The SMILES string of the molecule is COc1cc(C2Nc3ccc(C(=N)N)cc3C3c4ccccc4CC23)c(-c2ccccc2-c2ccccc2)cc1O. The van der Waals surface area contributed by atoms with E-state index in [1.54, 1.807) is 7.11 Å². The molecule has 5 aromatic rings. The van der Waals surface area contributed by atoms with Crippen LogP contribution >= 0.6 is 0 Å². The van der Waals surface area contributed by atoms with Crippen LogP contribution in [0.3, 0.4) is 0 Å². The van der Waals surface area contributed by atoms with Gasteiger partial charge in [-0.3, -0.25) is 5.41 Å². The molecule has 0 spiro atoms. The molecule has 1 aliphatic carbocycles. The number of nitrogens with one attached hydrogen (secondary N) is 2. The van der Waals surface area contributed by atoms with E-state index in [4.69, 9.17) is 15.9 Å². The van der Waals surface area contributed by atoms with Crippen LogP contribution in [-0.4, -0.2) is 18.1 Å². The Balaban J connectivity index is 1.45. The van der Waals surface area contributed by atoms with Crippen LogP contribution in [0.15, 0.2) is 109 Å². The fourth-order valence-corrected chi connectivity index (χ4v) is 6.86. The number of phenols is 1. The smallest absolute Gasteiger partial charge is 0.160 e. The van der Waals surface area contributed by atoms with Crippen molar-refractivity contribution >= 4 is 11.5 Å². The molecule has 0 saturated carbocycles. The van der Waals surface area contributed by atoms with Crippen LogP contribution in [0.25, 0.3) is 22.3 Å². The molecule has 3 unspecified atom stereocenters. The summed E-state index contributed by atoms with van der Waals surface area (Å²) in [4.78, 5) is 0. The molecule has 5 aromatic carbocycles. The van der Waals surface area contributed by atoms with E-state index in [0.717, 1.165) is 45.5 Å². The number of hydrogen-bond donors (Lipinski definition) is 4. The van der Waals surface area contributed by atoms with Crippen LogP contribution in [0.4, 0.5) is 5.69 Å². The Morgan fingerprint density at radius 3 is 2.32 bits per heavy atom. The lowest BCUT2D eigenvalue weighted by Gasteiger charge is -2.39. The minimum absolute atomic E-state index is 0.0589. The van der Waals surface area contributed by atoms with Crippen LogP contribution in [0.5, 0.6) is 11.5 Å². The Morgan fingerprint density at radius 1 is 0.805 bits per heavy atom. The molecule has 2 aliphatic rings. The van der Waals surface area contributed by atoms with Crippen molar-refractivity contribution in [2.75, 3.05) is 12.4 Å². The summed E-state index contributed by atoms with van der Waals surface area (Å²) in [6.07, 6.45) is 0.908. The van der Waals surface area contributed by atoms with Gasteiger partial charge in [-0.05, 0) is 87.2 Å². The molecule has 1 heterocycles. The number of amidine groups is 1. The summed E-state index contributed by atoms with van der Waals surface area (Å²) in [5.41, 5.74) is 16.8. The molecule has 3 atom stereocenters. The van der Waals surface area contributed by atoms with Gasteiger partial charge in [-0.25, -0.2) is 0 Å². The van der Waals surface area contributed by atoms with Gasteiger partial charge in [0.25, 0.3) is 0 Å². The highest BCUT2D eigenvalue weighted by Crippen LogP contribution is 2.56. The standard InChI is InChI=1S/C36H31N3O2/c1-41-33-20-28(27(19-32(33)40)26-14-8-7-12-24(26)21-9-3-2-4-10-21)35-30-17-22-11-5-6-13-25(22)34(30)29-18-23(36(37)38)15-16-31(29)39-35/h2-16,18-20,30,34-35,39-40H,17H2,1H3,(H3,37,38). The van der Waals surface area contributed by atoms with Gasteiger partial charge in [-0.2, -0.15) is 0 Å². The molecule has 202 valence electrons. The minimum Gasteiger partial charge on any atom is -0.504 e. The number of ether oxygens (including phenoxy) is 1. The molecule has 5 heteroatoms. The maximum Gasteiger partial charge on any atom is 0.160 e. The molecule has 0 saturated heterocycles. The molecule has 1 aliphatic heterocycles. The maximum absolute atomic E-state index is 11.0. The molecule has 0 fully saturated rings. The van der Waals surface area contributed by atoms with Crippen LogP contribution in [-0.2, 0) is 6.42 Å². The van der Waals surface area contributed by atoms with E-state index in [0.29, 0.717) is 5.75 Å². The van der Waals surface area contributed by atoms with E-state index in [9.17, 15) is 5.11 Å². The number of nitrogens with two attached hydrogens (primary N) is 1.